The molecule has 28 heavy (non-hydrogen) atoms. The van der Waals surface area contributed by atoms with Gasteiger partial charge >= 0.3 is 0 Å². The lowest BCUT2D eigenvalue weighted by molar-refractivity contribution is 0.0967. The molecule has 0 bridgehead atoms. The fraction of sp³-hybridized carbons (Fsp3) is 0.190. The van der Waals surface area contributed by atoms with E-state index in [1.165, 1.54) is 10.5 Å². The summed E-state index contributed by atoms with van der Waals surface area (Å²) in [6, 6.07) is 15.7. The van der Waals surface area contributed by atoms with E-state index in [2.05, 4.69) is 58.8 Å². The number of aromatic nitrogens is 3. The first-order chi connectivity index (χ1) is 13.5. The van der Waals surface area contributed by atoms with E-state index in [9.17, 15) is 4.79 Å². The standard InChI is InChI=1S/C21H20BrN3OS2/c1-3-12-24-20(14-28-18-10-4-15(2)5-11-18)23-25(21(24)27)13-19(26)16-6-8-17(22)9-7-16/h3-11H,1,12-14H2,2H3. The van der Waals surface area contributed by atoms with Crippen LogP contribution in [0, 0.1) is 11.7 Å². The summed E-state index contributed by atoms with van der Waals surface area (Å²) < 4.78 is 5.00. The van der Waals surface area contributed by atoms with Gasteiger partial charge in [-0.05, 0) is 43.4 Å². The molecule has 0 fully saturated rings. The van der Waals surface area contributed by atoms with Crippen LogP contribution < -0.4 is 0 Å². The van der Waals surface area contributed by atoms with Gasteiger partial charge in [0.15, 0.2) is 10.6 Å². The highest BCUT2D eigenvalue weighted by molar-refractivity contribution is 9.10. The molecule has 0 radical (unpaired) electrons. The van der Waals surface area contributed by atoms with Gasteiger partial charge in [0.1, 0.15) is 12.4 Å². The Hall–Kier alpha value is -1.96. The van der Waals surface area contributed by atoms with Gasteiger partial charge in [-0.3, -0.25) is 9.36 Å². The number of hydrogen-bond donors (Lipinski definition) is 0. The maximum atomic E-state index is 12.6. The molecule has 0 amide bonds. The molecule has 2 aromatic carbocycles. The molecule has 0 atom stereocenters. The number of thioether (sulfide) groups is 1. The monoisotopic (exact) mass is 473 g/mol. The third kappa shape index (κ3) is 5.10. The van der Waals surface area contributed by atoms with Gasteiger partial charge < -0.3 is 0 Å². The largest absolute Gasteiger partial charge is 0.299 e. The van der Waals surface area contributed by atoms with Crippen LogP contribution in [0.1, 0.15) is 21.7 Å². The van der Waals surface area contributed by atoms with Gasteiger partial charge in [-0.25, -0.2) is 4.68 Å². The van der Waals surface area contributed by atoms with E-state index in [1.54, 1.807) is 34.7 Å². The molecular weight excluding hydrogens is 454 g/mol. The van der Waals surface area contributed by atoms with Crippen molar-refractivity contribution in [2.45, 2.75) is 30.7 Å². The Balaban J connectivity index is 1.80. The lowest BCUT2D eigenvalue weighted by Crippen LogP contribution is -2.12. The van der Waals surface area contributed by atoms with Gasteiger partial charge in [0, 0.05) is 21.5 Å². The maximum Gasteiger partial charge on any atom is 0.198 e. The molecule has 0 saturated heterocycles. The molecule has 1 heterocycles. The average molecular weight is 474 g/mol. The number of aryl methyl sites for hydroxylation is 1. The van der Waals surface area contributed by atoms with Crippen molar-refractivity contribution in [2.24, 2.45) is 0 Å². The first-order valence-corrected chi connectivity index (χ1v) is 10.9. The summed E-state index contributed by atoms with van der Waals surface area (Å²) in [5.41, 5.74) is 1.87. The van der Waals surface area contributed by atoms with Crippen LogP contribution in [0.25, 0.3) is 0 Å². The van der Waals surface area contributed by atoms with Gasteiger partial charge in [0.25, 0.3) is 0 Å². The minimum absolute atomic E-state index is 0.0235. The Morgan fingerprint density at radius 2 is 1.89 bits per heavy atom. The zero-order chi connectivity index (χ0) is 20.1. The predicted molar refractivity (Wildman–Crippen MR) is 120 cm³/mol. The van der Waals surface area contributed by atoms with Gasteiger partial charge in [0.2, 0.25) is 0 Å². The fourth-order valence-corrected chi connectivity index (χ4v) is 4.04. The molecular formula is C21H20BrN3OS2. The van der Waals surface area contributed by atoms with Crippen LogP contribution in [0.4, 0.5) is 0 Å². The summed E-state index contributed by atoms with van der Waals surface area (Å²) in [7, 11) is 0. The third-order valence-corrected chi connectivity index (χ3v) is 6.13. The second kappa shape index (κ2) is 9.49. The molecule has 3 rings (SSSR count). The normalized spacial score (nSPS) is 10.8. The first-order valence-electron chi connectivity index (χ1n) is 8.73. The molecule has 0 aliphatic heterocycles. The molecule has 7 heteroatoms. The highest BCUT2D eigenvalue weighted by atomic mass is 79.9. The summed E-state index contributed by atoms with van der Waals surface area (Å²) in [6.07, 6.45) is 1.79. The van der Waals surface area contributed by atoms with Crippen LogP contribution in [0.15, 0.2) is 70.6 Å². The molecule has 0 aliphatic rings. The smallest absolute Gasteiger partial charge is 0.198 e. The van der Waals surface area contributed by atoms with E-state index in [-0.39, 0.29) is 12.3 Å². The zero-order valence-corrected chi connectivity index (χ0v) is 18.7. The van der Waals surface area contributed by atoms with E-state index >= 15 is 0 Å². The van der Waals surface area contributed by atoms with E-state index in [1.807, 2.05) is 16.7 Å². The molecule has 0 spiro atoms. The van der Waals surface area contributed by atoms with Crippen molar-refractivity contribution in [3.63, 3.8) is 0 Å². The lowest BCUT2D eigenvalue weighted by atomic mass is 10.1. The van der Waals surface area contributed by atoms with Crippen molar-refractivity contribution in [1.29, 1.82) is 0 Å². The fourth-order valence-electron chi connectivity index (χ4n) is 2.65. The van der Waals surface area contributed by atoms with Gasteiger partial charge in [-0.1, -0.05) is 51.8 Å². The van der Waals surface area contributed by atoms with Crippen LogP contribution in [0.2, 0.25) is 0 Å². The topological polar surface area (TPSA) is 39.8 Å². The van der Waals surface area contributed by atoms with Crippen LogP contribution in [-0.2, 0) is 18.8 Å². The van der Waals surface area contributed by atoms with Crippen LogP contribution >= 0.6 is 39.9 Å². The predicted octanol–water partition coefficient (Wildman–Crippen LogP) is 5.85. The van der Waals surface area contributed by atoms with Crippen molar-refractivity contribution in [1.82, 2.24) is 14.3 Å². The molecule has 1 aromatic heterocycles. The van der Waals surface area contributed by atoms with E-state index in [0.29, 0.717) is 22.6 Å². The van der Waals surface area contributed by atoms with Crippen molar-refractivity contribution in [3.05, 3.63) is 87.4 Å². The molecule has 0 N–H and O–H groups in total. The van der Waals surface area contributed by atoms with Gasteiger partial charge in [-0.2, -0.15) is 5.10 Å². The summed E-state index contributed by atoms with van der Waals surface area (Å²) in [6.45, 7) is 6.56. The summed E-state index contributed by atoms with van der Waals surface area (Å²) in [5, 5.41) is 4.62. The number of ketones is 1. The third-order valence-electron chi connectivity index (χ3n) is 4.16. The van der Waals surface area contributed by atoms with Gasteiger partial charge in [-0.15, -0.1) is 18.3 Å². The second-order valence-electron chi connectivity index (χ2n) is 6.29. The van der Waals surface area contributed by atoms with Crippen molar-refractivity contribution < 1.29 is 4.79 Å². The van der Waals surface area contributed by atoms with Crippen LogP contribution in [-0.4, -0.2) is 20.1 Å². The highest BCUT2D eigenvalue weighted by Gasteiger charge is 2.14. The first kappa shape index (κ1) is 20.8. The number of rotatable bonds is 8. The number of hydrogen-bond acceptors (Lipinski definition) is 4. The van der Waals surface area contributed by atoms with Crippen molar-refractivity contribution in [2.75, 3.05) is 0 Å². The van der Waals surface area contributed by atoms with E-state index in [4.69, 9.17) is 12.2 Å². The molecule has 144 valence electrons. The van der Waals surface area contributed by atoms with E-state index < -0.39 is 0 Å². The molecule has 0 aliphatic carbocycles. The Bertz CT molecular complexity index is 1040. The minimum atomic E-state index is -0.0235. The number of Topliss-reactive ketones (excluding diaryl/α,β-unsaturated/α-hetero) is 1. The summed E-state index contributed by atoms with van der Waals surface area (Å²) >= 11 is 10.6. The second-order valence-corrected chi connectivity index (χ2v) is 8.62. The lowest BCUT2D eigenvalue weighted by Gasteiger charge is -2.04. The molecule has 0 unspecified atom stereocenters. The van der Waals surface area contributed by atoms with Gasteiger partial charge in [0.05, 0.1) is 5.75 Å². The van der Waals surface area contributed by atoms with Crippen molar-refractivity contribution in [3.8, 4) is 0 Å². The Morgan fingerprint density at radius 1 is 1.21 bits per heavy atom. The maximum absolute atomic E-state index is 12.6. The number of carbonyl (C=O) groups is 1. The number of allylic oxidation sites excluding steroid dienone is 1. The SMILES string of the molecule is C=CCn1c(CSc2ccc(C)cc2)nn(CC(=O)c2ccc(Br)cc2)c1=S. The summed E-state index contributed by atoms with van der Waals surface area (Å²) in [5.74, 6) is 1.48. The average Bonchev–Trinajstić information content (AvgIpc) is 2.97. The summed E-state index contributed by atoms with van der Waals surface area (Å²) in [4.78, 5) is 13.8. The highest BCUT2D eigenvalue weighted by Crippen LogP contribution is 2.23. The Labute approximate surface area is 182 Å². The van der Waals surface area contributed by atoms with Crippen LogP contribution in [0.3, 0.4) is 0 Å². The van der Waals surface area contributed by atoms with E-state index in [0.717, 1.165) is 10.3 Å². The number of benzene rings is 2. The Kier molecular flexibility index (Phi) is 7.04. The number of nitrogens with zero attached hydrogens (tertiary/aromatic N) is 3. The molecule has 3 aromatic rings. The molecule has 4 nitrogen and oxygen atoms in total. The minimum Gasteiger partial charge on any atom is -0.299 e. The quantitative estimate of drug-likeness (QED) is 0.178. The van der Waals surface area contributed by atoms with Crippen LogP contribution in [0.5, 0.6) is 0 Å². The zero-order valence-electron chi connectivity index (χ0n) is 15.5. The number of carbonyl (C=O) groups excluding carboxylic acids is 1. The number of halogens is 1. The molecule has 0 saturated carbocycles. The Morgan fingerprint density at radius 3 is 2.54 bits per heavy atom. The van der Waals surface area contributed by atoms with Crippen molar-refractivity contribution >= 4 is 45.7 Å².